The number of benzene rings is 2. The standard InChI is InChI=1S/C17H18BrFO/c1-11(2)13-5-4-12(3)17(8-13)20-10-14-6-7-15(18)9-16(14)19/h4-9,11H,10H2,1-3H3. The number of halogens is 2. The molecule has 0 saturated carbocycles. The summed E-state index contributed by atoms with van der Waals surface area (Å²) in [5, 5.41) is 0. The Bertz CT molecular complexity index is 608. The molecule has 0 aliphatic heterocycles. The Balaban J connectivity index is 2.16. The van der Waals surface area contributed by atoms with Crippen LogP contribution in [-0.4, -0.2) is 0 Å². The molecule has 0 bridgehead atoms. The number of aryl methyl sites for hydroxylation is 1. The van der Waals surface area contributed by atoms with Crippen molar-refractivity contribution < 1.29 is 9.13 Å². The van der Waals surface area contributed by atoms with Crippen LogP contribution in [0, 0.1) is 12.7 Å². The largest absolute Gasteiger partial charge is 0.489 e. The normalized spacial score (nSPS) is 10.9. The molecule has 0 atom stereocenters. The summed E-state index contributed by atoms with van der Waals surface area (Å²) in [5.74, 6) is 1.01. The molecule has 2 rings (SSSR count). The van der Waals surface area contributed by atoms with Crippen LogP contribution in [0.2, 0.25) is 0 Å². The Labute approximate surface area is 127 Å². The van der Waals surface area contributed by atoms with Crippen LogP contribution in [0.15, 0.2) is 40.9 Å². The molecule has 1 nitrogen and oxygen atoms in total. The Hall–Kier alpha value is -1.35. The first-order valence-electron chi connectivity index (χ1n) is 6.64. The van der Waals surface area contributed by atoms with Gasteiger partial charge in [0.25, 0.3) is 0 Å². The Morgan fingerprint density at radius 1 is 1.15 bits per heavy atom. The molecular formula is C17H18BrFO. The van der Waals surface area contributed by atoms with Gasteiger partial charge in [-0.15, -0.1) is 0 Å². The molecule has 0 unspecified atom stereocenters. The lowest BCUT2D eigenvalue weighted by molar-refractivity contribution is 0.297. The van der Waals surface area contributed by atoms with Crippen molar-refractivity contribution >= 4 is 15.9 Å². The molecule has 20 heavy (non-hydrogen) atoms. The summed E-state index contributed by atoms with van der Waals surface area (Å²) in [4.78, 5) is 0. The van der Waals surface area contributed by atoms with E-state index in [0.29, 0.717) is 11.5 Å². The van der Waals surface area contributed by atoms with Crippen molar-refractivity contribution in [2.45, 2.75) is 33.3 Å². The van der Waals surface area contributed by atoms with Crippen molar-refractivity contribution in [1.29, 1.82) is 0 Å². The smallest absolute Gasteiger partial charge is 0.130 e. The van der Waals surface area contributed by atoms with Crippen LogP contribution in [0.3, 0.4) is 0 Å². The van der Waals surface area contributed by atoms with Crippen molar-refractivity contribution in [1.82, 2.24) is 0 Å². The minimum absolute atomic E-state index is 0.238. The Morgan fingerprint density at radius 3 is 2.55 bits per heavy atom. The minimum atomic E-state index is -0.253. The maximum atomic E-state index is 13.8. The summed E-state index contributed by atoms with van der Waals surface area (Å²) in [6, 6.07) is 11.2. The molecular weight excluding hydrogens is 319 g/mol. The monoisotopic (exact) mass is 336 g/mol. The first kappa shape index (κ1) is 15.0. The molecule has 0 amide bonds. The zero-order valence-corrected chi connectivity index (χ0v) is 13.5. The highest BCUT2D eigenvalue weighted by Crippen LogP contribution is 2.25. The second kappa shape index (κ2) is 6.40. The van der Waals surface area contributed by atoms with E-state index in [4.69, 9.17) is 4.74 Å². The Morgan fingerprint density at radius 2 is 1.90 bits per heavy atom. The van der Waals surface area contributed by atoms with Crippen LogP contribution < -0.4 is 4.74 Å². The molecule has 2 aromatic carbocycles. The number of ether oxygens (including phenoxy) is 1. The van der Waals surface area contributed by atoms with Gasteiger partial charge < -0.3 is 4.74 Å². The van der Waals surface area contributed by atoms with E-state index in [1.807, 2.05) is 25.1 Å². The molecule has 0 N–H and O–H groups in total. The fourth-order valence-corrected chi connectivity index (χ4v) is 2.26. The first-order chi connectivity index (χ1) is 9.47. The van der Waals surface area contributed by atoms with E-state index in [9.17, 15) is 4.39 Å². The highest BCUT2D eigenvalue weighted by Gasteiger charge is 2.07. The van der Waals surface area contributed by atoms with Gasteiger partial charge in [0, 0.05) is 10.0 Å². The third-order valence-corrected chi connectivity index (χ3v) is 3.77. The van der Waals surface area contributed by atoms with E-state index >= 15 is 0 Å². The highest BCUT2D eigenvalue weighted by molar-refractivity contribution is 9.10. The third kappa shape index (κ3) is 3.60. The van der Waals surface area contributed by atoms with E-state index in [1.54, 1.807) is 6.07 Å². The number of hydrogen-bond acceptors (Lipinski definition) is 1. The summed E-state index contributed by atoms with van der Waals surface area (Å²) >= 11 is 3.25. The number of rotatable bonds is 4. The van der Waals surface area contributed by atoms with Gasteiger partial charge in [-0.1, -0.05) is 48.0 Å². The van der Waals surface area contributed by atoms with Gasteiger partial charge in [-0.25, -0.2) is 4.39 Å². The van der Waals surface area contributed by atoms with E-state index < -0.39 is 0 Å². The fraction of sp³-hybridized carbons (Fsp3) is 0.294. The van der Waals surface area contributed by atoms with Crippen LogP contribution >= 0.6 is 15.9 Å². The van der Waals surface area contributed by atoms with Crippen LogP contribution in [0.5, 0.6) is 5.75 Å². The zero-order chi connectivity index (χ0) is 14.7. The molecule has 0 aromatic heterocycles. The molecule has 2 aromatic rings. The van der Waals surface area contributed by atoms with Gasteiger partial charge in [-0.3, -0.25) is 0 Å². The van der Waals surface area contributed by atoms with Gasteiger partial charge in [0.05, 0.1) is 0 Å². The van der Waals surface area contributed by atoms with Crippen molar-refractivity contribution in [3.8, 4) is 5.75 Å². The zero-order valence-electron chi connectivity index (χ0n) is 11.9. The quantitative estimate of drug-likeness (QED) is 0.706. The lowest BCUT2D eigenvalue weighted by Gasteiger charge is -2.13. The third-order valence-electron chi connectivity index (χ3n) is 3.28. The van der Waals surface area contributed by atoms with Crippen molar-refractivity contribution in [2.24, 2.45) is 0 Å². The van der Waals surface area contributed by atoms with Crippen LogP contribution in [0.25, 0.3) is 0 Å². The fourth-order valence-electron chi connectivity index (χ4n) is 1.93. The lowest BCUT2D eigenvalue weighted by atomic mass is 10.0. The molecule has 3 heteroatoms. The van der Waals surface area contributed by atoms with Gasteiger partial charge >= 0.3 is 0 Å². The van der Waals surface area contributed by atoms with Gasteiger partial charge in [-0.2, -0.15) is 0 Å². The van der Waals surface area contributed by atoms with E-state index in [2.05, 4.69) is 35.8 Å². The first-order valence-corrected chi connectivity index (χ1v) is 7.44. The van der Waals surface area contributed by atoms with Crippen LogP contribution in [0.1, 0.15) is 36.5 Å². The topological polar surface area (TPSA) is 9.23 Å². The molecule has 0 spiro atoms. The minimum Gasteiger partial charge on any atom is -0.489 e. The van der Waals surface area contributed by atoms with Crippen LogP contribution in [-0.2, 0) is 6.61 Å². The predicted molar refractivity (Wildman–Crippen MR) is 83.7 cm³/mol. The van der Waals surface area contributed by atoms with Gasteiger partial charge in [-0.05, 0) is 42.2 Å². The van der Waals surface area contributed by atoms with E-state index in [1.165, 1.54) is 11.6 Å². The maximum Gasteiger partial charge on any atom is 0.130 e. The molecule has 0 aliphatic rings. The summed E-state index contributed by atoms with van der Waals surface area (Å²) in [5.41, 5.74) is 2.84. The molecule has 0 saturated heterocycles. The summed E-state index contributed by atoms with van der Waals surface area (Å²) in [7, 11) is 0. The van der Waals surface area contributed by atoms with Crippen LogP contribution in [0.4, 0.5) is 4.39 Å². The molecule has 106 valence electrons. The second-order valence-electron chi connectivity index (χ2n) is 5.20. The lowest BCUT2D eigenvalue weighted by Crippen LogP contribution is -2.00. The van der Waals surface area contributed by atoms with Crippen molar-refractivity contribution in [2.75, 3.05) is 0 Å². The SMILES string of the molecule is Cc1ccc(C(C)C)cc1OCc1ccc(Br)cc1F. The summed E-state index contributed by atoms with van der Waals surface area (Å²) in [6.07, 6.45) is 0. The van der Waals surface area contributed by atoms with E-state index in [0.717, 1.165) is 15.8 Å². The summed E-state index contributed by atoms with van der Waals surface area (Å²) in [6.45, 7) is 6.52. The van der Waals surface area contributed by atoms with Gasteiger partial charge in [0.1, 0.15) is 18.2 Å². The van der Waals surface area contributed by atoms with Gasteiger partial charge in [0.15, 0.2) is 0 Å². The second-order valence-corrected chi connectivity index (χ2v) is 6.12. The van der Waals surface area contributed by atoms with Crippen molar-refractivity contribution in [3.63, 3.8) is 0 Å². The molecule has 0 radical (unpaired) electrons. The Kier molecular flexibility index (Phi) is 4.81. The van der Waals surface area contributed by atoms with E-state index in [-0.39, 0.29) is 12.4 Å². The molecule has 0 fully saturated rings. The van der Waals surface area contributed by atoms with Crippen molar-refractivity contribution in [3.05, 3.63) is 63.4 Å². The maximum absolute atomic E-state index is 13.8. The average molecular weight is 337 g/mol. The average Bonchev–Trinajstić information content (AvgIpc) is 2.39. The highest BCUT2D eigenvalue weighted by atomic mass is 79.9. The predicted octanol–water partition coefficient (Wildman–Crippen LogP) is 5.60. The molecule has 0 aliphatic carbocycles. The molecule has 0 heterocycles. The number of hydrogen-bond donors (Lipinski definition) is 0. The summed E-state index contributed by atoms with van der Waals surface area (Å²) < 4.78 is 20.3. The van der Waals surface area contributed by atoms with Gasteiger partial charge in [0.2, 0.25) is 0 Å².